The van der Waals surface area contributed by atoms with Crippen LogP contribution in [0.4, 0.5) is 0 Å². The van der Waals surface area contributed by atoms with E-state index in [-0.39, 0.29) is 5.92 Å². The van der Waals surface area contributed by atoms with Crippen molar-refractivity contribution in [2.24, 2.45) is 5.92 Å². The zero-order valence-electron chi connectivity index (χ0n) is 9.91. The fourth-order valence-corrected chi connectivity index (χ4v) is 1.57. The van der Waals surface area contributed by atoms with E-state index in [1.807, 2.05) is 0 Å². The molecule has 0 aromatic heterocycles. The van der Waals surface area contributed by atoms with Crippen molar-refractivity contribution in [3.8, 4) is 0 Å². The number of nitrogens with zero attached hydrogens (tertiary/aromatic N) is 1. The van der Waals surface area contributed by atoms with Crippen molar-refractivity contribution in [3.63, 3.8) is 0 Å². The van der Waals surface area contributed by atoms with Crippen molar-refractivity contribution in [1.29, 1.82) is 0 Å². The van der Waals surface area contributed by atoms with Gasteiger partial charge in [0.05, 0.1) is 5.92 Å². The van der Waals surface area contributed by atoms with Gasteiger partial charge in [0.1, 0.15) is 0 Å². The van der Waals surface area contributed by atoms with Gasteiger partial charge in [-0.3, -0.25) is 4.90 Å². The summed E-state index contributed by atoms with van der Waals surface area (Å²) in [5.74, 6) is -1.30. The Hall–Kier alpha value is -0.570. The molecular weight excluding hydrogens is 178 g/mol. The smallest absolute Gasteiger partial charge is 0.299 e. The van der Waals surface area contributed by atoms with Crippen molar-refractivity contribution in [2.45, 2.75) is 53.1 Å². The standard InChI is InChI=1S/C11H22NO2/c1-8(2)12(9(3)4)7-6-10(5)11(13)14/h8-10H,6-7H2,1-5H3. The van der Waals surface area contributed by atoms with Gasteiger partial charge in [-0.2, -0.15) is 0 Å². The average molecular weight is 200 g/mol. The summed E-state index contributed by atoms with van der Waals surface area (Å²) in [4.78, 5) is 12.8. The molecule has 0 rings (SSSR count). The molecule has 0 aromatic carbocycles. The molecule has 83 valence electrons. The predicted molar refractivity (Wildman–Crippen MR) is 56.5 cm³/mol. The third kappa shape index (κ3) is 4.61. The van der Waals surface area contributed by atoms with Crippen LogP contribution in [0.25, 0.3) is 0 Å². The molecule has 0 spiro atoms. The molecule has 14 heavy (non-hydrogen) atoms. The summed E-state index contributed by atoms with van der Waals surface area (Å²) in [5.41, 5.74) is 0. The second-order valence-electron chi connectivity index (χ2n) is 4.43. The first kappa shape index (κ1) is 13.4. The van der Waals surface area contributed by atoms with Crippen LogP contribution in [-0.4, -0.2) is 29.5 Å². The first-order chi connectivity index (χ1) is 6.36. The van der Waals surface area contributed by atoms with Crippen LogP contribution in [0, 0.1) is 5.92 Å². The molecule has 0 saturated carbocycles. The third-order valence-corrected chi connectivity index (χ3v) is 2.55. The van der Waals surface area contributed by atoms with Crippen LogP contribution >= 0.6 is 0 Å². The van der Waals surface area contributed by atoms with Crippen LogP contribution in [0.1, 0.15) is 41.0 Å². The number of rotatable bonds is 6. The number of carbonyl (C=O) groups is 1. The fraction of sp³-hybridized carbons (Fsp3) is 0.909. The van der Waals surface area contributed by atoms with Gasteiger partial charge in [-0.1, -0.05) is 6.92 Å². The average Bonchev–Trinajstić information content (AvgIpc) is 2.02. The highest BCUT2D eigenvalue weighted by Gasteiger charge is 2.18. The molecule has 0 heterocycles. The summed E-state index contributed by atoms with van der Waals surface area (Å²) in [6.07, 6.45) is 0.665. The second-order valence-corrected chi connectivity index (χ2v) is 4.43. The molecule has 0 aromatic rings. The van der Waals surface area contributed by atoms with E-state index < -0.39 is 5.97 Å². The quantitative estimate of drug-likeness (QED) is 0.658. The Morgan fingerprint density at radius 3 is 1.79 bits per heavy atom. The van der Waals surface area contributed by atoms with Gasteiger partial charge in [0.2, 0.25) is 0 Å². The van der Waals surface area contributed by atoms with Gasteiger partial charge in [-0.05, 0) is 40.7 Å². The van der Waals surface area contributed by atoms with Crippen molar-refractivity contribution < 1.29 is 9.90 Å². The highest BCUT2D eigenvalue weighted by molar-refractivity contribution is 5.68. The second kappa shape index (κ2) is 6.02. The number of hydrogen-bond acceptors (Lipinski definition) is 2. The number of carbonyl (C=O) groups excluding carboxylic acids is 1. The van der Waals surface area contributed by atoms with Gasteiger partial charge in [-0.15, -0.1) is 0 Å². The Labute approximate surface area is 87.1 Å². The molecule has 0 aliphatic rings. The Kier molecular flexibility index (Phi) is 5.77. The summed E-state index contributed by atoms with van der Waals surface area (Å²) in [7, 11) is 0. The van der Waals surface area contributed by atoms with Crippen molar-refractivity contribution in [3.05, 3.63) is 0 Å². The van der Waals surface area contributed by atoms with E-state index in [1.165, 1.54) is 0 Å². The van der Waals surface area contributed by atoms with E-state index >= 15 is 0 Å². The maximum Gasteiger partial charge on any atom is 0.358 e. The topological polar surface area (TPSA) is 40.2 Å². The lowest BCUT2D eigenvalue weighted by Crippen LogP contribution is -2.38. The van der Waals surface area contributed by atoms with Crippen molar-refractivity contribution in [1.82, 2.24) is 4.90 Å². The van der Waals surface area contributed by atoms with Gasteiger partial charge < -0.3 is 0 Å². The van der Waals surface area contributed by atoms with Gasteiger partial charge in [0.15, 0.2) is 0 Å². The molecule has 0 fully saturated rings. The SMILES string of the molecule is CC(CCN(C(C)C)C(C)C)C([O])=O. The Morgan fingerprint density at radius 2 is 1.50 bits per heavy atom. The molecule has 0 N–H and O–H groups in total. The third-order valence-electron chi connectivity index (χ3n) is 2.55. The molecule has 0 amide bonds. The largest absolute Gasteiger partial charge is 0.358 e. The predicted octanol–water partition coefficient (Wildman–Crippen LogP) is 2.09. The fourth-order valence-electron chi connectivity index (χ4n) is 1.57. The maximum atomic E-state index is 10.5. The van der Waals surface area contributed by atoms with Gasteiger partial charge in [0.25, 0.3) is 0 Å². The molecule has 0 aliphatic carbocycles. The first-order valence-electron chi connectivity index (χ1n) is 5.32. The van der Waals surface area contributed by atoms with Crippen LogP contribution in [0.15, 0.2) is 0 Å². The van der Waals surface area contributed by atoms with E-state index in [0.29, 0.717) is 18.5 Å². The summed E-state index contributed by atoms with van der Waals surface area (Å²) in [6.45, 7) is 11.0. The molecule has 0 bridgehead atoms. The summed E-state index contributed by atoms with van der Waals surface area (Å²) < 4.78 is 0. The minimum absolute atomic E-state index is 0.352. The van der Waals surface area contributed by atoms with Gasteiger partial charge in [-0.25, -0.2) is 9.90 Å². The van der Waals surface area contributed by atoms with Crippen molar-refractivity contribution >= 4 is 5.97 Å². The van der Waals surface area contributed by atoms with Gasteiger partial charge in [0, 0.05) is 12.1 Å². The van der Waals surface area contributed by atoms with E-state index in [0.717, 1.165) is 6.54 Å². The van der Waals surface area contributed by atoms with Gasteiger partial charge >= 0.3 is 5.97 Å². The molecular formula is C11H22NO2. The Bertz CT molecular complexity index is 170. The molecule has 3 heteroatoms. The molecule has 0 aliphatic heterocycles. The lowest BCUT2D eigenvalue weighted by atomic mass is 10.1. The van der Waals surface area contributed by atoms with Crippen LogP contribution in [0.2, 0.25) is 0 Å². The lowest BCUT2D eigenvalue weighted by molar-refractivity contribution is -0.147. The highest BCUT2D eigenvalue weighted by atomic mass is 16.4. The molecule has 0 saturated heterocycles. The van der Waals surface area contributed by atoms with Crippen molar-refractivity contribution in [2.75, 3.05) is 6.54 Å². The summed E-state index contributed by atoms with van der Waals surface area (Å²) in [5, 5.41) is 10.5. The summed E-state index contributed by atoms with van der Waals surface area (Å²) in [6, 6.07) is 0.924. The number of hydrogen-bond donors (Lipinski definition) is 0. The summed E-state index contributed by atoms with van der Waals surface area (Å²) >= 11 is 0. The minimum Gasteiger partial charge on any atom is -0.299 e. The van der Waals surface area contributed by atoms with Crippen LogP contribution in [0.3, 0.4) is 0 Å². The zero-order chi connectivity index (χ0) is 11.3. The molecule has 1 unspecified atom stereocenters. The molecule has 1 atom stereocenters. The van der Waals surface area contributed by atoms with Crippen LogP contribution in [0.5, 0.6) is 0 Å². The molecule has 1 radical (unpaired) electrons. The lowest BCUT2D eigenvalue weighted by Gasteiger charge is -2.30. The van der Waals surface area contributed by atoms with Crippen LogP contribution < -0.4 is 0 Å². The first-order valence-corrected chi connectivity index (χ1v) is 5.32. The monoisotopic (exact) mass is 200 g/mol. The maximum absolute atomic E-state index is 10.5. The van der Waals surface area contributed by atoms with E-state index in [2.05, 4.69) is 32.6 Å². The zero-order valence-corrected chi connectivity index (χ0v) is 9.91. The van der Waals surface area contributed by atoms with E-state index in [4.69, 9.17) is 0 Å². The minimum atomic E-state index is -0.947. The van der Waals surface area contributed by atoms with Crippen LogP contribution in [-0.2, 0) is 9.90 Å². The normalized spacial score (nSPS) is 14.0. The Balaban J connectivity index is 4.00. The van der Waals surface area contributed by atoms with E-state index in [9.17, 15) is 9.90 Å². The van der Waals surface area contributed by atoms with E-state index in [1.54, 1.807) is 6.92 Å². The Morgan fingerprint density at radius 1 is 1.07 bits per heavy atom. The highest BCUT2D eigenvalue weighted by Crippen LogP contribution is 2.10. The molecule has 3 nitrogen and oxygen atoms in total.